The molecule has 2 heterocycles. The number of carbonyl (C=O) groups excluding carboxylic acids is 1. The SMILES string of the molecule is O=C(O)C1=CC(C=Cc2ccccc2)n2ncc(C(=O)Nc3cccc(F)c3)c2N1. The van der Waals surface area contributed by atoms with Crippen LogP contribution in [0.2, 0.25) is 0 Å². The number of hydrogen-bond donors (Lipinski definition) is 3. The van der Waals surface area contributed by atoms with Crippen LogP contribution in [-0.4, -0.2) is 26.8 Å². The predicted octanol–water partition coefficient (Wildman–Crippen LogP) is 3.92. The number of aromatic nitrogens is 2. The molecule has 0 bridgehead atoms. The molecule has 1 unspecified atom stereocenters. The van der Waals surface area contributed by atoms with Crippen molar-refractivity contribution in [2.45, 2.75) is 6.04 Å². The van der Waals surface area contributed by atoms with Crippen LogP contribution in [0.4, 0.5) is 15.9 Å². The predicted molar refractivity (Wildman–Crippen MR) is 110 cm³/mol. The highest BCUT2D eigenvalue weighted by Gasteiger charge is 2.27. The molecule has 7 nitrogen and oxygen atoms in total. The van der Waals surface area contributed by atoms with E-state index >= 15 is 0 Å². The Morgan fingerprint density at radius 2 is 1.97 bits per heavy atom. The van der Waals surface area contributed by atoms with Gasteiger partial charge in [-0.2, -0.15) is 5.10 Å². The van der Waals surface area contributed by atoms with E-state index in [2.05, 4.69) is 15.7 Å². The first-order valence-electron chi connectivity index (χ1n) is 9.11. The highest BCUT2D eigenvalue weighted by atomic mass is 19.1. The number of anilines is 2. The first-order valence-corrected chi connectivity index (χ1v) is 9.11. The number of benzene rings is 2. The van der Waals surface area contributed by atoms with Crippen molar-refractivity contribution in [1.82, 2.24) is 9.78 Å². The van der Waals surface area contributed by atoms with E-state index in [1.807, 2.05) is 36.4 Å². The Labute approximate surface area is 171 Å². The van der Waals surface area contributed by atoms with Crippen molar-refractivity contribution in [3.05, 3.63) is 95.6 Å². The lowest BCUT2D eigenvalue weighted by molar-refractivity contribution is -0.132. The van der Waals surface area contributed by atoms with Gasteiger partial charge in [-0.1, -0.05) is 48.6 Å². The Bertz CT molecular complexity index is 1170. The number of hydrogen-bond acceptors (Lipinski definition) is 4. The van der Waals surface area contributed by atoms with Crippen LogP contribution in [0.5, 0.6) is 0 Å². The van der Waals surface area contributed by atoms with Crippen molar-refractivity contribution >= 4 is 29.5 Å². The molecule has 0 saturated carbocycles. The molecule has 0 saturated heterocycles. The van der Waals surface area contributed by atoms with Crippen LogP contribution in [-0.2, 0) is 4.79 Å². The van der Waals surface area contributed by atoms with Crippen LogP contribution >= 0.6 is 0 Å². The fraction of sp³-hybridized carbons (Fsp3) is 0.0455. The highest BCUT2D eigenvalue weighted by molar-refractivity contribution is 6.08. The molecule has 1 atom stereocenters. The zero-order chi connectivity index (χ0) is 21.1. The number of rotatable bonds is 5. The Balaban J connectivity index is 1.65. The number of aliphatic carboxylic acids is 1. The van der Waals surface area contributed by atoms with Crippen molar-refractivity contribution in [2.24, 2.45) is 0 Å². The second kappa shape index (κ2) is 8.04. The van der Waals surface area contributed by atoms with Gasteiger partial charge in [0.25, 0.3) is 5.91 Å². The number of amides is 1. The molecule has 0 radical (unpaired) electrons. The lowest BCUT2D eigenvalue weighted by Gasteiger charge is -2.22. The fourth-order valence-electron chi connectivity index (χ4n) is 3.09. The molecule has 30 heavy (non-hydrogen) atoms. The summed E-state index contributed by atoms with van der Waals surface area (Å²) in [7, 11) is 0. The average Bonchev–Trinajstić information content (AvgIpc) is 3.17. The molecule has 0 aliphatic carbocycles. The monoisotopic (exact) mass is 404 g/mol. The van der Waals surface area contributed by atoms with Crippen molar-refractivity contribution in [1.29, 1.82) is 0 Å². The van der Waals surface area contributed by atoms with Crippen molar-refractivity contribution in [2.75, 3.05) is 10.6 Å². The van der Waals surface area contributed by atoms with Crippen LogP contribution in [0.25, 0.3) is 6.08 Å². The second-order valence-corrected chi connectivity index (χ2v) is 6.59. The van der Waals surface area contributed by atoms with Crippen molar-refractivity contribution in [3.8, 4) is 0 Å². The molecule has 1 aliphatic rings. The van der Waals surface area contributed by atoms with Crippen LogP contribution in [0.15, 0.2) is 78.6 Å². The third-order valence-corrected chi connectivity index (χ3v) is 4.51. The number of nitrogens with zero attached hydrogens (tertiary/aromatic N) is 2. The molecule has 2 aromatic carbocycles. The van der Waals surface area contributed by atoms with E-state index in [0.717, 1.165) is 5.56 Å². The minimum absolute atomic E-state index is 0.0643. The van der Waals surface area contributed by atoms with Gasteiger partial charge in [-0.15, -0.1) is 0 Å². The number of carbonyl (C=O) groups is 2. The highest BCUT2D eigenvalue weighted by Crippen LogP contribution is 2.29. The molecule has 1 aromatic heterocycles. The normalized spacial score (nSPS) is 15.2. The van der Waals surface area contributed by atoms with Gasteiger partial charge in [-0.3, -0.25) is 4.79 Å². The Hall–Kier alpha value is -4.20. The quantitative estimate of drug-likeness (QED) is 0.599. The molecule has 0 spiro atoms. The summed E-state index contributed by atoms with van der Waals surface area (Å²) in [6.45, 7) is 0. The van der Waals surface area contributed by atoms with Gasteiger partial charge in [-0.05, 0) is 29.8 Å². The molecule has 150 valence electrons. The van der Waals surface area contributed by atoms with E-state index in [4.69, 9.17) is 0 Å². The molecular formula is C22H17FN4O3. The van der Waals surface area contributed by atoms with Crippen LogP contribution < -0.4 is 10.6 Å². The summed E-state index contributed by atoms with van der Waals surface area (Å²) >= 11 is 0. The summed E-state index contributed by atoms with van der Waals surface area (Å²) in [5, 5.41) is 19.1. The molecule has 3 N–H and O–H groups in total. The van der Waals surface area contributed by atoms with E-state index < -0.39 is 23.7 Å². The smallest absolute Gasteiger partial charge is 0.352 e. The lowest BCUT2D eigenvalue weighted by Crippen LogP contribution is -2.24. The summed E-state index contributed by atoms with van der Waals surface area (Å²) in [5.41, 5.74) is 1.30. The molecular weight excluding hydrogens is 387 g/mol. The summed E-state index contributed by atoms with van der Waals surface area (Å²) in [5.74, 6) is -1.93. The number of halogens is 1. The van der Waals surface area contributed by atoms with E-state index in [1.165, 1.54) is 35.2 Å². The van der Waals surface area contributed by atoms with Gasteiger partial charge in [-0.25, -0.2) is 13.9 Å². The number of carboxylic acid groups (broad SMARTS) is 1. The molecule has 3 aromatic rings. The molecule has 0 fully saturated rings. The third kappa shape index (κ3) is 3.97. The van der Waals surface area contributed by atoms with Gasteiger partial charge in [0.1, 0.15) is 22.9 Å². The molecule has 1 aliphatic heterocycles. The maximum atomic E-state index is 13.4. The minimum atomic E-state index is -1.16. The van der Waals surface area contributed by atoms with E-state index in [9.17, 15) is 19.1 Å². The topological polar surface area (TPSA) is 96.2 Å². The zero-order valence-corrected chi connectivity index (χ0v) is 15.6. The average molecular weight is 404 g/mol. The Kier molecular flexibility index (Phi) is 5.13. The lowest BCUT2D eigenvalue weighted by atomic mass is 10.1. The molecule has 8 heteroatoms. The van der Waals surface area contributed by atoms with Gasteiger partial charge in [0.05, 0.1) is 12.2 Å². The molecule has 4 rings (SSSR count). The van der Waals surface area contributed by atoms with Gasteiger partial charge < -0.3 is 15.7 Å². The minimum Gasteiger partial charge on any atom is -0.477 e. The second-order valence-electron chi connectivity index (χ2n) is 6.59. The van der Waals surface area contributed by atoms with Crippen molar-refractivity contribution < 1.29 is 19.1 Å². The van der Waals surface area contributed by atoms with E-state index in [-0.39, 0.29) is 22.8 Å². The Morgan fingerprint density at radius 1 is 1.17 bits per heavy atom. The van der Waals surface area contributed by atoms with Crippen LogP contribution in [0.1, 0.15) is 22.0 Å². The largest absolute Gasteiger partial charge is 0.477 e. The van der Waals surface area contributed by atoms with Crippen molar-refractivity contribution in [3.63, 3.8) is 0 Å². The summed E-state index contributed by atoms with van der Waals surface area (Å²) in [4.78, 5) is 24.3. The first kappa shape index (κ1) is 19.1. The fourth-order valence-corrected chi connectivity index (χ4v) is 3.09. The molecule has 1 amide bonds. The maximum absolute atomic E-state index is 13.4. The van der Waals surface area contributed by atoms with Gasteiger partial charge in [0.15, 0.2) is 0 Å². The summed E-state index contributed by atoms with van der Waals surface area (Å²) in [6, 6.07) is 14.5. The maximum Gasteiger partial charge on any atom is 0.352 e. The third-order valence-electron chi connectivity index (χ3n) is 4.51. The van der Waals surface area contributed by atoms with Crippen LogP contribution in [0.3, 0.4) is 0 Å². The standard InChI is InChI=1S/C22H17FN4O3/c23-15-7-4-8-16(11-15)25-21(28)18-13-24-27-17(10-9-14-5-2-1-3-6-14)12-19(22(29)30)26-20(18)27/h1-13,17,26H,(H,25,28)(H,29,30). The van der Waals surface area contributed by atoms with E-state index in [0.29, 0.717) is 0 Å². The summed E-state index contributed by atoms with van der Waals surface area (Å²) in [6.07, 6.45) is 6.50. The number of nitrogens with one attached hydrogen (secondary N) is 2. The Morgan fingerprint density at radius 3 is 2.70 bits per heavy atom. The number of fused-ring (bicyclic) bond motifs is 1. The number of carboxylic acids is 1. The van der Waals surface area contributed by atoms with E-state index in [1.54, 1.807) is 12.1 Å². The van der Waals surface area contributed by atoms with Crippen LogP contribution in [0, 0.1) is 5.82 Å². The van der Waals surface area contributed by atoms with Gasteiger partial charge in [0, 0.05) is 5.69 Å². The summed E-state index contributed by atoms with van der Waals surface area (Å²) < 4.78 is 14.9. The van der Waals surface area contributed by atoms with Gasteiger partial charge in [0.2, 0.25) is 0 Å². The zero-order valence-electron chi connectivity index (χ0n) is 15.6. The number of allylic oxidation sites excluding steroid dienone is 2. The van der Waals surface area contributed by atoms with Gasteiger partial charge >= 0.3 is 5.97 Å². The first-order chi connectivity index (χ1) is 14.5.